The normalized spacial score (nSPS) is 25.8. The Morgan fingerprint density at radius 2 is 1.82 bits per heavy atom. The van der Waals surface area contributed by atoms with Gasteiger partial charge in [-0.2, -0.15) is 0 Å². The monoisotopic (exact) mass is 389 g/mol. The summed E-state index contributed by atoms with van der Waals surface area (Å²) in [6, 6.07) is 9.78. The average molecular weight is 389 g/mol. The Balaban J connectivity index is 1.82. The van der Waals surface area contributed by atoms with Crippen molar-refractivity contribution < 1.29 is 24.2 Å². The Morgan fingerprint density at radius 1 is 1.18 bits per heavy atom. The van der Waals surface area contributed by atoms with Gasteiger partial charge in [0.05, 0.1) is 19.3 Å². The lowest BCUT2D eigenvalue weighted by Gasteiger charge is -2.39. The van der Waals surface area contributed by atoms with Gasteiger partial charge in [-0.1, -0.05) is 43.2 Å². The Labute approximate surface area is 166 Å². The van der Waals surface area contributed by atoms with Gasteiger partial charge >= 0.3 is 12.1 Å². The first-order chi connectivity index (χ1) is 13.2. The van der Waals surface area contributed by atoms with Crippen molar-refractivity contribution in [1.29, 1.82) is 0 Å². The molecule has 0 unspecified atom stereocenters. The zero-order valence-electron chi connectivity index (χ0n) is 17.0. The fourth-order valence-electron chi connectivity index (χ4n) is 4.51. The molecule has 1 aromatic carbocycles. The summed E-state index contributed by atoms with van der Waals surface area (Å²) in [7, 11) is 0. The molecule has 0 spiro atoms. The Hall–Kier alpha value is -2.08. The summed E-state index contributed by atoms with van der Waals surface area (Å²) in [5.74, 6) is -1.01. The smallest absolute Gasteiger partial charge is 0.411 e. The first kappa shape index (κ1) is 20.6. The van der Waals surface area contributed by atoms with Crippen LogP contribution in [0.3, 0.4) is 0 Å². The molecule has 154 valence electrons. The van der Waals surface area contributed by atoms with E-state index in [1.54, 1.807) is 20.8 Å². The zero-order chi connectivity index (χ0) is 20.4. The van der Waals surface area contributed by atoms with Crippen LogP contribution in [0.15, 0.2) is 30.3 Å². The van der Waals surface area contributed by atoms with E-state index in [2.05, 4.69) is 0 Å². The Bertz CT molecular complexity index is 693. The molecule has 2 aliphatic rings. The van der Waals surface area contributed by atoms with E-state index >= 15 is 0 Å². The molecule has 1 saturated heterocycles. The minimum atomic E-state index is -1.25. The van der Waals surface area contributed by atoms with Gasteiger partial charge in [-0.25, -0.2) is 9.59 Å². The van der Waals surface area contributed by atoms with E-state index in [1.807, 2.05) is 30.3 Å². The zero-order valence-corrected chi connectivity index (χ0v) is 17.0. The summed E-state index contributed by atoms with van der Waals surface area (Å²) in [6.07, 6.45) is 3.04. The van der Waals surface area contributed by atoms with Crippen LogP contribution in [0.2, 0.25) is 0 Å². The lowest BCUT2D eigenvalue weighted by Crippen LogP contribution is -2.58. The van der Waals surface area contributed by atoms with E-state index in [4.69, 9.17) is 9.47 Å². The molecule has 2 atom stereocenters. The topological polar surface area (TPSA) is 76.1 Å². The second-order valence-corrected chi connectivity index (χ2v) is 8.92. The van der Waals surface area contributed by atoms with Gasteiger partial charge in [0.2, 0.25) is 0 Å². The molecule has 0 aromatic heterocycles. The minimum absolute atomic E-state index is 0.0668. The van der Waals surface area contributed by atoms with Crippen molar-refractivity contribution in [3.8, 4) is 0 Å². The number of carboxylic acid groups (broad SMARTS) is 1. The number of carbonyl (C=O) groups excluding carboxylic acids is 1. The standard InChI is InChI=1S/C22H31NO5/c1-21(2,3)28-20(26)23-14-18(27-15-16-9-5-4-6-10-16)13-22(23,19(24)25)17-11-7-8-12-17/h4-6,9-10,17-18H,7-8,11-15H2,1-3H3,(H,24,25)/t18-,22-/m1/s1. The molecule has 3 rings (SSSR count). The van der Waals surface area contributed by atoms with Crippen LogP contribution in [0.4, 0.5) is 4.79 Å². The van der Waals surface area contributed by atoms with Crippen molar-refractivity contribution in [2.75, 3.05) is 6.54 Å². The molecule has 1 amide bonds. The molecular formula is C22H31NO5. The van der Waals surface area contributed by atoms with Crippen LogP contribution in [0, 0.1) is 5.92 Å². The molecule has 1 aromatic rings. The maximum Gasteiger partial charge on any atom is 0.411 e. The predicted molar refractivity (Wildman–Crippen MR) is 105 cm³/mol. The largest absolute Gasteiger partial charge is 0.479 e. The molecule has 1 aliphatic carbocycles. The van der Waals surface area contributed by atoms with Gasteiger partial charge in [-0.3, -0.25) is 4.90 Å². The average Bonchev–Trinajstić information content (AvgIpc) is 3.28. The van der Waals surface area contributed by atoms with Crippen molar-refractivity contribution in [2.45, 2.75) is 76.7 Å². The number of benzene rings is 1. The van der Waals surface area contributed by atoms with Gasteiger partial charge in [0.15, 0.2) is 0 Å². The summed E-state index contributed by atoms with van der Waals surface area (Å²) in [5.41, 5.74) is -0.903. The lowest BCUT2D eigenvalue weighted by molar-refractivity contribution is -0.153. The molecule has 6 heteroatoms. The van der Waals surface area contributed by atoms with Crippen LogP contribution in [-0.2, 0) is 20.9 Å². The predicted octanol–water partition coefficient (Wildman–Crippen LogP) is 4.23. The number of likely N-dealkylation sites (tertiary alicyclic amines) is 1. The van der Waals surface area contributed by atoms with Crippen molar-refractivity contribution in [1.82, 2.24) is 4.90 Å². The lowest BCUT2D eigenvalue weighted by atomic mass is 9.80. The van der Waals surface area contributed by atoms with Gasteiger partial charge in [0.1, 0.15) is 11.1 Å². The summed E-state index contributed by atoms with van der Waals surface area (Å²) in [5, 5.41) is 10.2. The SMILES string of the molecule is CC(C)(C)OC(=O)N1C[C@H](OCc2ccccc2)C[C@]1(C(=O)O)C1CCCC1. The number of aliphatic carboxylic acids is 1. The van der Waals surface area contributed by atoms with Crippen LogP contribution in [0.5, 0.6) is 0 Å². The third-order valence-corrected chi connectivity index (χ3v) is 5.75. The number of carbonyl (C=O) groups is 2. The number of rotatable bonds is 5. The second kappa shape index (κ2) is 8.11. The van der Waals surface area contributed by atoms with Crippen LogP contribution in [0.25, 0.3) is 0 Å². The van der Waals surface area contributed by atoms with E-state index in [1.165, 1.54) is 4.90 Å². The third-order valence-electron chi connectivity index (χ3n) is 5.75. The maximum atomic E-state index is 12.9. The summed E-state index contributed by atoms with van der Waals surface area (Å²) in [6.45, 7) is 6.02. The molecule has 1 heterocycles. The van der Waals surface area contributed by atoms with E-state index in [0.29, 0.717) is 13.0 Å². The number of hydrogen-bond acceptors (Lipinski definition) is 4. The Morgan fingerprint density at radius 3 is 2.39 bits per heavy atom. The van der Waals surface area contributed by atoms with E-state index < -0.39 is 23.2 Å². The number of hydrogen-bond donors (Lipinski definition) is 1. The molecule has 2 fully saturated rings. The van der Waals surface area contributed by atoms with E-state index in [-0.39, 0.29) is 18.6 Å². The van der Waals surface area contributed by atoms with Crippen LogP contribution in [-0.4, -0.2) is 45.9 Å². The van der Waals surface area contributed by atoms with Crippen LogP contribution in [0.1, 0.15) is 58.4 Å². The summed E-state index contributed by atoms with van der Waals surface area (Å²) in [4.78, 5) is 26.9. The molecule has 0 bridgehead atoms. The van der Waals surface area contributed by atoms with Gasteiger partial charge < -0.3 is 14.6 Å². The molecule has 1 saturated carbocycles. The highest BCUT2D eigenvalue weighted by molar-refractivity contribution is 5.86. The number of amides is 1. The van der Waals surface area contributed by atoms with Crippen LogP contribution >= 0.6 is 0 Å². The number of ether oxygens (including phenoxy) is 2. The quantitative estimate of drug-likeness (QED) is 0.816. The highest BCUT2D eigenvalue weighted by Crippen LogP contribution is 2.45. The minimum Gasteiger partial charge on any atom is -0.479 e. The highest BCUT2D eigenvalue weighted by atomic mass is 16.6. The molecule has 6 nitrogen and oxygen atoms in total. The molecular weight excluding hydrogens is 358 g/mol. The molecule has 28 heavy (non-hydrogen) atoms. The molecule has 1 N–H and O–H groups in total. The maximum absolute atomic E-state index is 12.9. The second-order valence-electron chi connectivity index (χ2n) is 8.92. The fourth-order valence-corrected chi connectivity index (χ4v) is 4.51. The molecule has 1 aliphatic heterocycles. The number of nitrogens with zero attached hydrogens (tertiary/aromatic N) is 1. The highest BCUT2D eigenvalue weighted by Gasteiger charge is 2.59. The van der Waals surface area contributed by atoms with Crippen molar-refractivity contribution in [2.24, 2.45) is 5.92 Å². The van der Waals surface area contributed by atoms with E-state index in [0.717, 1.165) is 31.2 Å². The van der Waals surface area contributed by atoms with Crippen LogP contribution < -0.4 is 0 Å². The third kappa shape index (κ3) is 4.32. The molecule has 0 radical (unpaired) electrons. The summed E-state index contributed by atoms with van der Waals surface area (Å²) < 4.78 is 11.6. The van der Waals surface area contributed by atoms with Crippen molar-refractivity contribution in [3.05, 3.63) is 35.9 Å². The van der Waals surface area contributed by atoms with Gasteiger partial charge in [0.25, 0.3) is 0 Å². The van der Waals surface area contributed by atoms with Gasteiger partial charge in [-0.15, -0.1) is 0 Å². The van der Waals surface area contributed by atoms with Crippen molar-refractivity contribution in [3.63, 3.8) is 0 Å². The Kier molecular flexibility index (Phi) is 5.98. The van der Waals surface area contributed by atoms with E-state index in [9.17, 15) is 14.7 Å². The number of carboxylic acids is 1. The van der Waals surface area contributed by atoms with Gasteiger partial charge in [0, 0.05) is 6.42 Å². The fraction of sp³-hybridized carbons (Fsp3) is 0.636. The first-order valence-electron chi connectivity index (χ1n) is 10.1. The first-order valence-corrected chi connectivity index (χ1v) is 10.1. The van der Waals surface area contributed by atoms with Crippen molar-refractivity contribution >= 4 is 12.1 Å². The summed E-state index contributed by atoms with van der Waals surface area (Å²) >= 11 is 0. The van der Waals surface area contributed by atoms with Gasteiger partial charge in [-0.05, 0) is 45.1 Å².